The molecular weight excluding hydrogens is 216 g/mol. The van der Waals surface area contributed by atoms with E-state index in [4.69, 9.17) is 10.8 Å². The normalized spacial score (nSPS) is 14.4. The molecule has 4 nitrogen and oxygen atoms in total. The molecule has 3 N–H and O–H groups in total. The molecule has 2 unspecified atom stereocenters. The van der Waals surface area contributed by atoms with E-state index >= 15 is 0 Å². The van der Waals surface area contributed by atoms with E-state index in [0.717, 1.165) is 25.8 Å². The molecule has 2 atom stereocenters. The van der Waals surface area contributed by atoms with Crippen LogP contribution in [0.15, 0.2) is 0 Å². The maximum atomic E-state index is 12.1. The number of rotatable bonds is 9. The highest BCUT2D eigenvalue weighted by atomic mass is 16.3. The van der Waals surface area contributed by atoms with Gasteiger partial charge in [-0.05, 0) is 33.1 Å². The molecule has 0 aliphatic heterocycles. The van der Waals surface area contributed by atoms with Crippen molar-refractivity contribution >= 4 is 5.91 Å². The minimum atomic E-state index is 0.0624. The van der Waals surface area contributed by atoms with Gasteiger partial charge in [-0.2, -0.15) is 0 Å². The van der Waals surface area contributed by atoms with Gasteiger partial charge >= 0.3 is 0 Å². The third kappa shape index (κ3) is 7.34. The number of nitrogens with two attached hydrogens (primary N) is 1. The zero-order chi connectivity index (χ0) is 13.3. The van der Waals surface area contributed by atoms with Crippen molar-refractivity contribution in [2.75, 3.05) is 19.7 Å². The van der Waals surface area contributed by atoms with Crippen LogP contribution in [-0.2, 0) is 4.79 Å². The van der Waals surface area contributed by atoms with Crippen molar-refractivity contribution in [2.24, 2.45) is 11.7 Å². The fourth-order valence-corrected chi connectivity index (χ4v) is 1.87. The van der Waals surface area contributed by atoms with Crippen LogP contribution in [0.5, 0.6) is 0 Å². The first-order valence-corrected chi connectivity index (χ1v) is 6.68. The van der Waals surface area contributed by atoms with Crippen molar-refractivity contribution < 1.29 is 9.90 Å². The van der Waals surface area contributed by atoms with Gasteiger partial charge in [-0.15, -0.1) is 0 Å². The Kier molecular flexibility index (Phi) is 9.09. The van der Waals surface area contributed by atoms with Gasteiger partial charge in [0.25, 0.3) is 0 Å². The molecule has 0 aromatic rings. The van der Waals surface area contributed by atoms with Crippen molar-refractivity contribution in [2.45, 2.75) is 52.5 Å². The molecule has 0 aliphatic carbocycles. The third-order valence-corrected chi connectivity index (χ3v) is 3.00. The molecule has 0 saturated heterocycles. The Balaban J connectivity index is 3.98. The maximum Gasteiger partial charge on any atom is 0.225 e. The van der Waals surface area contributed by atoms with Gasteiger partial charge in [0.15, 0.2) is 0 Å². The molecule has 4 heteroatoms. The first-order valence-electron chi connectivity index (χ1n) is 6.68. The molecule has 102 valence electrons. The number of aliphatic hydroxyl groups is 1. The van der Waals surface area contributed by atoms with Crippen LogP contribution in [0.3, 0.4) is 0 Å². The predicted molar refractivity (Wildman–Crippen MR) is 70.6 cm³/mol. The van der Waals surface area contributed by atoms with E-state index in [1.807, 2.05) is 25.7 Å². The Morgan fingerprint density at radius 2 is 1.94 bits per heavy atom. The molecular formula is C13H28N2O2. The number of carbonyl (C=O) groups excluding carboxylic acids is 1. The summed E-state index contributed by atoms with van der Waals surface area (Å²) in [7, 11) is 0. The molecule has 1 amide bonds. The fraction of sp³-hybridized carbons (Fsp3) is 0.923. The lowest BCUT2D eigenvalue weighted by Gasteiger charge is -2.24. The quantitative estimate of drug-likeness (QED) is 0.644. The maximum absolute atomic E-state index is 12.1. The number of hydrogen-bond donors (Lipinski definition) is 2. The lowest BCUT2D eigenvalue weighted by molar-refractivity contribution is -0.135. The summed E-state index contributed by atoms with van der Waals surface area (Å²) in [5.74, 6) is 0.262. The van der Waals surface area contributed by atoms with Crippen LogP contribution in [0, 0.1) is 5.92 Å². The van der Waals surface area contributed by atoms with Gasteiger partial charge in [0.05, 0.1) is 0 Å². The van der Waals surface area contributed by atoms with Gasteiger partial charge in [0.2, 0.25) is 5.91 Å². The smallest absolute Gasteiger partial charge is 0.225 e. The number of hydrogen-bond acceptors (Lipinski definition) is 3. The van der Waals surface area contributed by atoms with E-state index in [1.54, 1.807) is 0 Å². The molecule has 0 aromatic carbocycles. The van der Waals surface area contributed by atoms with E-state index in [0.29, 0.717) is 13.0 Å². The van der Waals surface area contributed by atoms with Gasteiger partial charge in [-0.1, -0.05) is 13.3 Å². The highest BCUT2D eigenvalue weighted by Gasteiger charge is 2.18. The third-order valence-electron chi connectivity index (χ3n) is 3.00. The largest absolute Gasteiger partial charge is 0.396 e. The minimum Gasteiger partial charge on any atom is -0.396 e. The highest BCUT2D eigenvalue weighted by Crippen LogP contribution is 2.12. The average molecular weight is 244 g/mol. The molecule has 0 rings (SSSR count). The van der Waals surface area contributed by atoms with Crippen LogP contribution in [0.4, 0.5) is 0 Å². The summed E-state index contributed by atoms with van der Waals surface area (Å²) in [6, 6.07) is 0.217. The van der Waals surface area contributed by atoms with Crippen LogP contribution in [0.2, 0.25) is 0 Å². The summed E-state index contributed by atoms with van der Waals surface area (Å²) in [6.07, 6.45) is 3.53. The van der Waals surface area contributed by atoms with Crippen LogP contribution in [0.25, 0.3) is 0 Å². The second-order valence-corrected chi connectivity index (χ2v) is 4.80. The topological polar surface area (TPSA) is 66.6 Å². The van der Waals surface area contributed by atoms with E-state index in [-0.39, 0.29) is 24.5 Å². The standard InChI is InChI=1S/C13H28N2O2/c1-4-15(9-6-10-16)13(17)11(2)7-5-8-12(3)14/h11-12,16H,4-10,14H2,1-3H3. The van der Waals surface area contributed by atoms with Gasteiger partial charge in [-0.3, -0.25) is 4.79 Å². The summed E-state index contributed by atoms with van der Waals surface area (Å²) >= 11 is 0. The van der Waals surface area contributed by atoms with E-state index < -0.39 is 0 Å². The molecule has 0 aromatic heterocycles. The van der Waals surface area contributed by atoms with Gasteiger partial charge in [0.1, 0.15) is 0 Å². The fourth-order valence-electron chi connectivity index (χ4n) is 1.87. The Labute approximate surface area is 105 Å². The predicted octanol–water partition coefficient (Wildman–Crippen LogP) is 1.37. The monoisotopic (exact) mass is 244 g/mol. The second-order valence-electron chi connectivity index (χ2n) is 4.80. The molecule has 0 spiro atoms. The van der Waals surface area contributed by atoms with Crippen molar-refractivity contribution in [3.8, 4) is 0 Å². The first kappa shape index (κ1) is 16.4. The zero-order valence-electron chi connectivity index (χ0n) is 11.5. The van der Waals surface area contributed by atoms with Crippen molar-refractivity contribution in [3.63, 3.8) is 0 Å². The molecule has 0 bridgehead atoms. The summed E-state index contributed by atoms with van der Waals surface area (Å²) in [5, 5.41) is 8.78. The summed E-state index contributed by atoms with van der Waals surface area (Å²) < 4.78 is 0. The van der Waals surface area contributed by atoms with Crippen molar-refractivity contribution in [1.29, 1.82) is 0 Å². The second kappa shape index (κ2) is 9.42. The van der Waals surface area contributed by atoms with Crippen LogP contribution in [0.1, 0.15) is 46.5 Å². The van der Waals surface area contributed by atoms with E-state index in [9.17, 15) is 4.79 Å². The zero-order valence-corrected chi connectivity index (χ0v) is 11.5. The van der Waals surface area contributed by atoms with Crippen molar-refractivity contribution in [1.82, 2.24) is 4.90 Å². The molecule has 0 radical (unpaired) electrons. The number of carbonyl (C=O) groups is 1. The molecule has 17 heavy (non-hydrogen) atoms. The molecule has 0 fully saturated rings. The molecule has 0 aliphatic rings. The Hall–Kier alpha value is -0.610. The number of nitrogens with zero attached hydrogens (tertiary/aromatic N) is 1. The van der Waals surface area contributed by atoms with Crippen LogP contribution in [-0.4, -0.2) is 41.7 Å². The Morgan fingerprint density at radius 3 is 2.41 bits per heavy atom. The van der Waals surface area contributed by atoms with Crippen LogP contribution < -0.4 is 5.73 Å². The lowest BCUT2D eigenvalue weighted by atomic mass is 10.0. The average Bonchev–Trinajstić information content (AvgIpc) is 2.29. The number of amides is 1. The summed E-state index contributed by atoms with van der Waals surface area (Å²) in [5.41, 5.74) is 5.68. The molecule has 0 saturated carbocycles. The van der Waals surface area contributed by atoms with Gasteiger partial charge in [0, 0.05) is 31.7 Å². The van der Waals surface area contributed by atoms with E-state index in [2.05, 4.69) is 0 Å². The Morgan fingerprint density at radius 1 is 1.29 bits per heavy atom. The van der Waals surface area contributed by atoms with Crippen molar-refractivity contribution in [3.05, 3.63) is 0 Å². The van der Waals surface area contributed by atoms with E-state index in [1.165, 1.54) is 0 Å². The highest BCUT2D eigenvalue weighted by molar-refractivity contribution is 5.78. The number of aliphatic hydroxyl groups excluding tert-OH is 1. The van der Waals surface area contributed by atoms with Crippen LogP contribution >= 0.6 is 0 Å². The lowest BCUT2D eigenvalue weighted by Crippen LogP contribution is -2.36. The molecule has 0 heterocycles. The first-order chi connectivity index (χ1) is 8.02. The SMILES string of the molecule is CCN(CCCO)C(=O)C(C)CCCC(C)N. The van der Waals surface area contributed by atoms with Gasteiger partial charge in [-0.25, -0.2) is 0 Å². The summed E-state index contributed by atoms with van der Waals surface area (Å²) in [6.45, 7) is 7.46. The summed E-state index contributed by atoms with van der Waals surface area (Å²) in [4.78, 5) is 13.9. The minimum absolute atomic E-state index is 0.0624. The Bertz CT molecular complexity index is 208. The van der Waals surface area contributed by atoms with Gasteiger partial charge < -0.3 is 15.7 Å².